The zero-order valence-electron chi connectivity index (χ0n) is 12.0. The van der Waals surface area contributed by atoms with Crippen LogP contribution < -0.4 is 5.32 Å². The molecule has 0 saturated carbocycles. The summed E-state index contributed by atoms with van der Waals surface area (Å²) in [4.78, 5) is 0. The first-order valence-corrected chi connectivity index (χ1v) is 8.32. The van der Waals surface area contributed by atoms with Gasteiger partial charge in [0.05, 0.1) is 22.4 Å². The molecule has 1 atom stereocenters. The molecule has 0 amide bonds. The Morgan fingerprint density at radius 1 is 1.30 bits per heavy atom. The van der Waals surface area contributed by atoms with E-state index in [2.05, 4.69) is 79.0 Å². The van der Waals surface area contributed by atoms with Gasteiger partial charge in [-0.1, -0.05) is 35.0 Å². The summed E-state index contributed by atoms with van der Waals surface area (Å²) in [6, 6.07) is 6.43. The molecule has 0 bridgehead atoms. The molecule has 0 aliphatic rings. The molecule has 108 valence electrons. The molecular formula is C15H19Br2N3. The number of benzene rings is 1. The Labute approximate surface area is 137 Å². The molecule has 0 aliphatic heterocycles. The number of hydrogen-bond donors (Lipinski definition) is 1. The largest absolute Gasteiger partial charge is 0.308 e. The summed E-state index contributed by atoms with van der Waals surface area (Å²) in [5, 5.41) is 7.89. The highest BCUT2D eigenvalue weighted by atomic mass is 79.9. The zero-order valence-corrected chi connectivity index (χ0v) is 15.1. The van der Waals surface area contributed by atoms with Crippen LogP contribution in [0.1, 0.15) is 36.2 Å². The quantitative estimate of drug-likeness (QED) is 0.804. The van der Waals surface area contributed by atoms with Crippen LogP contribution >= 0.6 is 31.9 Å². The predicted molar refractivity (Wildman–Crippen MR) is 90.0 cm³/mol. The topological polar surface area (TPSA) is 29.9 Å². The maximum Gasteiger partial charge on any atom is 0.0760 e. The Bertz CT molecular complexity index is 593. The van der Waals surface area contributed by atoms with Gasteiger partial charge < -0.3 is 5.32 Å². The molecule has 1 heterocycles. The third kappa shape index (κ3) is 3.00. The van der Waals surface area contributed by atoms with E-state index >= 15 is 0 Å². The average Bonchev–Trinajstić information content (AvgIpc) is 2.78. The van der Waals surface area contributed by atoms with E-state index < -0.39 is 0 Å². The van der Waals surface area contributed by atoms with Gasteiger partial charge in [-0.3, -0.25) is 4.68 Å². The van der Waals surface area contributed by atoms with E-state index in [-0.39, 0.29) is 6.04 Å². The molecule has 20 heavy (non-hydrogen) atoms. The SMILES string of the molecule is CCCn1ncc(Br)c1C(NC)c1cccc(Br)c1C. The predicted octanol–water partition coefficient (Wildman–Crippen LogP) is 4.44. The number of nitrogens with one attached hydrogen (secondary N) is 1. The lowest BCUT2D eigenvalue weighted by Crippen LogP contribution is -2.23. The second-order valence-corrected chi connectivity index (χ2v) is 6.49. The lowest BCUT2D eigenvalue weighted by molar-refractivity contribution is 0.532. The van der Waals surface area contributed by atoms with Crippen LogP contribution in [0.3, 0.4) is 0 Å². The number of nitrogens with zero attached hydrogens (tertiary/aromatic N) is 2. The van der Waals surface area contributed by atoms with Crippen molar-refractivity contribution < 1.29 is 0 Å². The molecule has 0 saturated heterocycles. The van der Waals surface area contributed by atoms with Crippen LogP contribution in [0.15, 0.2) is 33.3 Å². The molecule has 2 rings (SSSR count). The summed E-state index contributed by atoms with van der Waals surface area (Å²) in [5.41, 5.74) is 3.69. The molecule has 5 heteroatoms. The molecule has 0 fully saturated rings. The van der Waals surface area contributed by atoms with E-state index in [0.29, 0.717) is 0 Å². The van der Waals surface area contributed by atoms with Crippen molar-refractivity contribution >= 4 is 31.9 Å². The smallest absolute Gasteiger partial charge is 0.0760 e. The van der Waals surface area contributed by atoms with E-state index in [0.717, 1.165) is 21.9 Å². The van der Waals surface area contributed by atoms with Gasteiger partial charge >= 0.3 is 0 Å². The van der Waals surface area contributed by atoms with Crippen LogP contribution in [-0.4, -0.2) is 16.8 Å². The summed E-state index contributed by atoms with van der Waals surface area (Å²) < 4.78 is 4.25. The molecule has 3 nitrogen and oxygen atoms in total. The fourth-order valence-corrected chi connectivity index (χ4v) is 3.33. The third-order valence-electron chi connectivity index (χ3n) is 3.45. The molecule has 1 N–H and O–H groups in total. The minimum Gasteiger partial charge on any atom is -0.308 e. The zero-order chi connectivity index (χ0) is 14.7. The molecular weight excluding hydrogens is 382 g/mol. The molecule has 1 aromatic heterocycles. The fourth-order valence-electron chi connectivity index (χ4n) is 2.43. The van der Waals surface area contributed by atoms with Gasteiger partial charge in [0, 0.05) is 11.0 Å². The minimum atomic E-state index is 0.121. The maximum atomic E-state index is 4.47. The normalized spacial score (nSPS) is 12.7. The monoisotopic (exact) mass is 399 g/mol. The van der Waals surface area contributed by atoms with Crippen LogP contribution in [0.2, 0.25) is 0 Å². The van der Waals surface area contributed by atoms with Crippen LogP contribution in [-0.2, 0) is 6.54 Å². The highest BCUT2D eigenvalue weighted by Gasteiger charge is 2.22. The van der Waals surface area contributed by atoms with Crippen LogP contribution in [0.5, 0.6) is 0 Å². The molecule has 0 radical (unpaired) electrons. The maximum absolute atomic E-state index is 4.47. The van der Waals surface area contributed by atoms with Crippen LogP contribution in [0.25, 0.3) is 0 Å². The Kier molecular flexibility index (Phi) is 5.41. The number of halogens is 2. The first-order valence-electron chi connectivity index (χ1n) is 6.73. The van der Waals surface area contributed by atoms with Crippen LogP contribution in [0.4, 0.5) is 0 Å². The number of aryl methyl sites for hydroxylation is 1. The van der Waals surface area contributed by atoms with Gasteiger partial charge in [-0.05, 0) is 53.5 Å². The minimum absolute atomic E-state index is 0.121. The summed E-state index contributed by atoms with van der Waals surface area (Å²) in [5.74, 6) is 0. The molecule has 2 aromatic rings. The number of aromatic nitrogens is 2. The van der Waals surface area contributed by atoms with Crippen molar-refractivity contribution in [2.24, 2.45) is 0 Å². The Morgan fingerprint density at radius 2 is 2.05 bits per heavy atom. The molecule has 0 aliphatic carbocycles. The number of hydrogen-bond acceptors (Lipinski definition) is 2. The first kappa shape index (κ1) is 15.7. The van der Waals surface area contributed by atoms with E-state index in [1.165, 1.54) is 16.8 Å². The van der Waals surface area contributed by atoms with Crippen molar-refractivity contribution in [2.45, 2.75) is 32.9 Å². The van der Waals surface area contributed by atoms with Gasteiger partial charge in [-0.25, -0.2) is 0 Å². The second-order valence-electron chi connectivity index (χ2n) is 4.78. The van der Waals surface area contributed by atoms with E-state index in [9.17, 15) is 0 Å². The highest BCUT2D eigenvalue weighted by Crippen LogP contribution is 2.32. The Balaban J connectivity index is 2.52. The lowest BCUT2D eigenvalue weighted by Gasteiger charge is -2.21. The summed E-state index contributed by atoms with van der Waals surface area (Å²) in [7, 11) is 1.99. The molecule has 1 aromatic carbocycles. The third-order valence-corrected chi connectivity index (χ3v) is 4.92. The van der Waals surface area contributed by atoms with Crippen LogP contribution in [0, 0.1) is 6.92 Å². The van der Waals surface area contributed by atoms with Gasteiger partial charge in [0.15, 0.2) is 0 Å². The Hall–Kier alpha value is -0.650. The fraction of sp³-hybridized carbons (Fsp3) is 0.400. The molecule has 1 unspecified atom stereocenters. The lowest BCUT2D eigenvalue weighted by atomic mass is 9.99. The van der Waals surface area contributed by atoms with Crippen molar-refractivity contribution in [1.82, 2.24) is 15.1 Å². The highest BCUT2D eigenvalue weighted by molar-refractivity contribution is 9.10. The van der Waals surface area contributed by atoms with E-state index in [1.807, 2.05) is 13.2 Å². The Morgan fingerprint density at radius 3 is 2.70 bits per heavy atom. The summed E-state index contributed by atoms with van der Waals surface area (Å²) in [6.45, 7) is 5.22. The first-order chi connectivity index (χ1) is 9.60. The standard InChI is InChI=1S/C15H19Br2N3/c1-4-8-20-15(13(17)9-19-20)14(18-3)11-6-5-7-12(16)10(11)2/h5-7,9,14,18H,4,8H2,1-3H3. The van der Waals surface area contributed by atoms with Crippen molar-refractivity contribution in [3.63, 3.8) is 0 Å². The number of rotatable bonds is 5. The van der Waals surface area contributed by atoms with E-state index in [4.69, 9.17) is 0 Å². The van der Waals surface area contributed by atoms with Gasteiger partial charge in [0.1, 0.15) is 0 Å². The van der Waals surface area contributed by atoms with Crippen molar-refractivity contribution in [2.75, 3.05) is 7.05 Å². The van der Waals surface area contributed by atoms with E-state index in [1.54, 1.807) is 0 Å². The average molecular weight is 401 g/mol. The van der Waals surface area contributed by atoms with Gasteiger partial charge in [0.2, 0.25) is 0 Å². The van der Waals surface area contributed by atoms with Gasteiger partial charge in [-0.15, -0.1) is 0 Å². The van der Waals surface area contributed by atoms with Crippen molar-refractivity contribution in [3.05, 3.63) is 50.2 Å². The summed E-state index contributed by atoms with van der Waals surface area (Å²) >= 11 is 7.25. The van der Waals surface area contributed by atoms with Gasteiger partial charge in [-0.2, -0.15) is 5.10 Å². The molecule has 0 spiro atoms. The second kappa shape index (κ2) is 6.87. The summed E-state index contributed by atoms with van der Waals surface area (Å²) in [6.07, 6.45) is 2.94. The van der Waals surface area contributed by atoms with Crippen molar-refractivity contribution in [3.8, 4) is 0 Å². The van der Waals surface area contributed by atoms with Crippen molar-refractivity contribution in [1.29, 1.82) is 0 Å². The van der Waals surface area contributed by atoms with Gasteiger partial charge in [0.25, 0.3) is 0 Å².